The molecular formula is C15H16N2O3. The van der Waals surface area contributed by atoms with Crippen LogP contribution in [0.5, 0.6) is 5.75 Å². The summed E-state index contributed by atoms with van der Waals surface area (Å²) in [5, 5.41) is 8.92. The summed E-state index contributed by atoms with van der Waals surface area (Å²) in [4.78, 5) is 19.0. The predicted molar refractivity (Wildman–Crippen MR) is 74.0 cm³/mol. The van der Waals surface area contributed by atoms with Gasteiger partial charge in [0, 0.05) is 6.20 Å². The number of nitrogens with zero attached hydrogens (tertiary/aromatic N) is 2. The number of benzene rings is 1. The molecular weight excluding hydrogens is 256 g/mol. The Hall–Kier alpha value is -2.43. The van der Waals surface area contributed by atoms with Gasteiger partial charge in [-0.1, -0.05) is 12.1 Å². The van der Waals surface area contributed by atoms with Gasteiger partial charge < -0.3 is 9.84 Å². The van der Waals surface area contributed by atoms with Gasteiger partial charge in [-0.3, -0.25) is 0 Å². The molecule has 1 N–H and O–H groups in total. The van der Waals surface area contributed by atoms with Crippen LogP contribution in [0.2, 0.25) is 0 Å². The van der Waals surface area contributed by atoms with Crippen LogP contribution in [0.25, 0.3) is 0 Å². The van der Waals surface area contributed by atoms with E-state index in [0.29, 0.717) is 11.5 Å². The summed E-state index contributed by atoms with van der Waals surface area (Å²) in [7, 11) is 0. The molecule has 0 fully saturated rings. The fourth-order valence-corrected chi connectivity index (χ4v) is 1.82. The average molecular weight is 272 g/mol. The zero-order valence-corrected chi connectivity index (χ0v) is 11.7. The molecule has 0 atom stereocenters. The van der Waals surface area contributed by atoms with Crippen molar-refractivity contribution < 1.29 is 14.6 Å². The number of aryl methyl sites for hydroxylation is 2. The molecule has 0 bridgehead atoms. The standard InChI is InChI=1S/C15H16N2O3/c1-9-5-4-6-13(10(9)2)20-8-14-16-7-12(15(18)19)11(3)17-14/h4-7H,8H2,1-3H3,(H,18,19). The Labute approximate surface area is 117 Å². The molecule has 2 aromatic rings. The summed E-state index contributed by atoms with van der Waals surface area (Å²) >= 11 is 0. The highest BCUT2D eigenvalue weighted by Crippen LogP contribution is 2.21. The predicted octanol–water partition coefficient (Wildman–Crippen LogP) is 2.68. The molecule has 0 saturated heterocycles. The lowest BCUT2D eigenvalue weighted by Gasteiger charge is -2.10. The summed E-state index contributed by atoms with van der Waals surface area (Å²) in [5.41, 5.74) is 2.78. The van der Waals surface area contributed by atoms with Gasteiger partial charge in [0.2, 0.25) is 0 Å². The molecule has 1 aromatic carbocycles. The van der Waals surface area contributed by atoms with Crippen LogP contribution in [0.15, 0.2) is 24.4 Å². The molecule has 1 heterocycles. The summed E-state index contributed by atoms with van der Waals surface area (Å²) < 4.78 is 5.69. The van der Waals surface area contributed by atoms with Crippen LogP contribution >= 0.6 is 0 Å². The van der Waals surface area contributed by atoms with Gasteiger partial charge in [0.25, 0.3) is 0 Å². The minimum absolute atomic E-state index is 0.112. The molecule has 0 aliphatic heterocycles. The van der Waals surface area contributed by atoms with Crippen LogP contribution in [0, 0.1) is 20.8 Å². The van der Waals surface area contributed by atoms with Crippen LogP contribution < -0.4 is 4.74 Å². The van der Waals surface area contributed by atoms with Crippen molar-refractivity contribution in [3.05, 3.63) is 52.6 Å². The number of hydrogen-bond acceptors (Lipinski definition) is 4. The quantitative estimate of drug-likeness (QED) is 0.926. The topological polar surface area (TPSA) is 72.3 Å². The first-order chi connectivity index (χ1) is 9.49. The highest BCUT2D eigenvalue weighted by Gasteiger charge is 2.10. The molecule has 0 amide bonds. The van der Waals surface area contributed by atoms with E-state index in [1.165, 1.54) is 6.20 Å². The number of carbonyl (C=O) groups is 1. The lowest BCUT2D eigenvalue weighted by molar-refractivity contribution is 0.0695. The zero-order chi connectivity index (χ0) is 14.7. The first-order valence-electron chi connectivity index (χ1n) is 6.24. The molecule has 0 aliphatic rings. The second-order valence-corrected chi connectivity index (χ2v) is 4.58. The van der Waals surface area contributed by atoms with Crippen molar-refractivity contribution in [1.29, 1.82) is 0 Å². The molecule has 20 heavy (non-hydrogen) atoms. The highest BCUT2D eigenvalue weighted by molar-refractivity contribution is 5.88. The van der Waals surface area contributed by atoms with Gasteiger partial charge in [0.15, 0.2) is 5.82 Å². The molecule has 0 aliphatic carbocycles. The third kappa shape index (κ3) is 2.93. The summed E-state index contributed by atoms with van der Waals surface area (Å²) in [6, 6.07) is 5.84. The van der Waals surface area contributed by atoms with E-state index in [1.807, 2.05) is 32.0 Å². The second kappa shape index (κ2) is 5.69. The Bertz CT molecular complexity index is 654. The highest BCUT2D eigenvalue weighted by atomic mass is 16.5. The number of ether oxygens (including phenoxy) is 1. The summed E-state index contributed by atoms with van der Waals surface area (Å²) in [5.74, 6) is 0.228. The van der Waals surface area contributed by atoms with E-state index in [4.69, 9.17) is 9.84 Å². The van der Waals surface area contributed by atoms with Crippen molar-refractivity contribution in [3.63, 3.8) is 0 Å². The van der Waals surface area contributed by atoms with Gasteiger partial charge in [0.05, 0.1) is 11.3 Å². The van der Waals surface area contributed by atoms with Crippen molar-refractivity contribution >= 4 is 5.97 Å². The van der Waals surface area contributed by atoms with Crippen LogP contribution in [0.1, 0.15) is 33.0 Å². The third-order valence-electron chi connectivity index (χ3n) is 3.17. The fraction of sp³-hybridized carbons (Fsp3) is 0.267. The van der Waals surface area contributed by atoms with Crippen LogP contribution in [-0.4, -0.2) is 21.0 Å². The summed E-state index contributed by atoms with van der Waals surface area (Å²) in [6.07, 6.45) is 1.31. The van der Waals surface area contributed by atoms with E-state index in [0.717, 1.165) is 16.9 Å². The molecule has 104 valence electrons. The smallest absolute Gasteiger partial charge is 0.339 e. The molecule has 5 nitrogen and oxygen atoms in total. The maximum atomic E-state index is 10.9. The van der Waals surface area contributed by atoms with Gasteiger partial charge in [0.1, 0.15) is 12.4 Å². The Kier molecular flexibility index (Phi) is 3.98. The lowest BCUT2D eigenvalue weighted by Crippen LogP contribution is -2.08. The largest absolute Gasteiger partial charge is 0.485 e. The van der Waals surface area contributed by atoms with Crippen molar-refractivity contribution in [2.24, 2.45) is 0 Å². The second-order valence-electron chi connectivity index (χ2n) is 4.58. The van der Waals surface area contributed by atoms with Crippen molar-refractivity contribution in [3.8, 4) is 5.75 Å². The van der Waals surface area contributed by atoms with Gasteiger partial charge in [-0.25, -0.2) is 14.8 Å². The number of carboxylic acids is 1. The van der Waals surface area contributed by atoms with Crippen LogP contribution in [0.4, 0.5) is 0 Å². The first kappa shape index (κ1) is 14.0. The SMILES string of the molecule is Cc1cccc(OCc2ncc(C(=O)O)c(C)n2)c1C. The van der Waals surface area contributed by atoms with Crippen molar-refractivity contribution in [2.45, 2.75) is 27.4 Å². The van der Waals surface area contributed by atoms with E-state index < -0.39 is 5.97 Å². The lowest BCUT2D eigenvalue weighted by atomic mass is 10.1. The zero-order valence-electron chi connectivity index (χ0n) is 11.7. The van der Waals surface area contributed by atoms with Gasteiger partial charge in [-0.05, 0) is 38.0 Å². The minimum atomic E-state index is -1.02. The Morgan fingerprint density at radius 2 is 2.05 bits per heavy atom. The normalized spacial score (nSPS) is 10.3. The van der Waals surface area contributed by atoms with E-state index in [-0.39, 0.29) is 12.2 Å². The van der Waals surface area contributed by atoms with Crippen LogP contribution in [-0.2, 0) is 6.61 Å². The number of hydrogen-bond donors (Lipinski definition) is 1. The van der Waals surface area contributed by atoms with Gasteiger partial charge in [-0.15, -0.1) is 0 Å². The van der Waals surface area contributed by atoms with E-state index in [9.17, 15) is 4.79 Å². The minimum Gasteiger partial charge on any atom is -0.485 e. The number of rotatable bonds is 4. The third-order valence-corrected chi connectivity index (χ3v) is 3.17. The molecule has 1 aromatic heterocycles. The van der Waals surface area contributed by atoms with Crippen molar-refractivity contribution in [2.75, 3.05) is 0 Å². The molecule has 0 spiro atoms. The van der Waals surface area contributed by atoms with E-state index in [2.05, 4.69) is 9.97 Å². The average Bonchev–Trinajstić information content (AvgIpc) is 2.40. The Balaban J connectivity index is 2.13. The monoisotopic (exact) mass is 272 g/mol. The molecule has 5 heteroatoms. The van der Waals surface area contributed by atoms with Crippen molar-refractivity contribution in [1.82, 2.24) is 9.97 Å². The van der Waals surface area contributed by atoms with Crippen LogP contribution in [0.3, 0.4) is 0 Å². The van der Waals surface area contributed by atoms with E-state index >= 15 is 0 Å². The maximum Gasteiger partial charge on any atom is 0.339 e. The fourth-order valence-electron chi connectivity index (χ4n) is 1.82. The number of aromatic nitrogens is 2. The Morgan fingerprint density at radius 3 is 2.70 bits per heavy atom. The summed E-state index contributed by atoms with van der Waals surface area (Å²) in [6.45, 7) is 5.87. The number of carboxylic acid groups (broad SMARTS) is 1. The maximum absolute atomic E-state index is 10.9. The number of aromatic carboxylic acids is 1. The van der Waals surface area contributed by atoms with Gasteiger partial charge in [-0.2, -0.15) is 0 Å². The van der Waals surface area contributed by atoms with Gasteiger partial charge >= 0.3 is 5.97 Å². The molecule has 2 rings (SSSR count). The first-order valence-corrected chi connectivity index (χ1v) is 6.24. The molecule has 0 unspecified atom stereocenters. The molecule has 0 radical (unpaired) electrons. The van der Waals surface area contributed by atoms with E-state index in [1.54, 1.807) is 6.92 Å². The Morgan fingerprint density at radius 1 is 1.30 bits per heavy atom. The molecule has 0 saturated carbocycles.